The van der Waals surface area contributed by atoms with E-state index in [0.717, 1.165) is 9.88 Å². The summed E-state index contributed by atoms with van der Waals surface area (Å²) in [4.78, 5) is 12.5. The van der Waals surface area contributed by atoms with Crippen LogP contribution in [0.2, 0.25) is 0 Å². The van der Waals surface area contributed by atoms with Gasteiger partial charge in [-0.2, -0.15) is 0 Å². The van der Waals surface area contributed by atoms with Gasteiger partial charge in [0.05, 0.1) is 0 Å². The molecule has 6 heteroatoms. The first kappa shape index (κ1) is 11.0. The number of anilines is 1. The second-order valence-electron chi connectivity index (χ2n) is 2.96. The van der Waals surface area contributed by atoms with Gasteiger partial charge in [-0.05, 0) is 24.4 Å². The molecular weight excluding hydrogens is 242 g/mol. The van der Waals surface area contributed by atoms with Crippen LogP contribution >= 0.6 is 22.7 Å². The van der Waals surface area contributed by atoms with Gasteiger partial charge in [0.15, 0.2) is 0 Å². The van der Waals surface area contributed by atoms with Crippen molar-refractivity contribution in [2.45, 2.75) is 6.92 Å². The molecule has 0 aliphatic carbocycles. The maximum atomic E-state index is 11.5. The van der Waals surface area contributed by atoms with Crippen molar-refractivity contribution in [2.24, 2.45) is 0 Å². The lowest BCUT2D eigenvalue weighted by molar-refractivity contribution is -0.111. The van der Waals surface area contributed by atoms with E-state index in [-0.39, 0.29) is 5.91 Å². The predicted molar refractivity (Wildman–Crippen MR) is 66.6 cm³/mol. The first-order valence-electron chi connectivity index (χ1n) is 4.57. The summed E-state index contributed by atoms with van der Waals surface area (Å²) in [5.74, 6) is -0.190. The topological polar surface area (TPSA) is 54.9 Å². The summed E-state index contributed by atoms with van der Waals surface area (Å²) >= 11 is 2.94. The fourth-order valence-electron chi connectivity index (χ4n) is 1.04. The third-order valence-corrected chi connectivity index (χ3v) is 3.29. The Labute approximate surface area is 101 Å². The Hall–Kier alpha value is -1.53. The van der Waals surface area contributed by atoms with Crippen LogP contribution in [0, 0.1) is 6.92 Å². The normalized spacial score (nSPS) is 10.8. The second kappa shape index (κ2) is 5.00. The van der Waals surface area contributed by atoms with Crippen LogP contribution in [-0.2, 0) is 4.79 Å². The zero-order chi connectivity index (χ0) is 11.4. The minimum atomic E-state index is -0.190. The zero-order valence-electron chi connectivity index (χ0n) is 8.51. The molecule has 2 rings (SSSR count). The molecule has 0 saturated carbocycles. The van der Waals surface area contributed by atoms with Crippen LogP contribution in [0.15, 0.2) is 23.6 Å². The summed E-state index contributed by atoms with van der Waals surface area (Å²) in [5.41, 5.74) is 0. The average Bonchev–Trinajstić information content (AvgIpc) is 2.87. The Morgan fingerprint density at radius 3 is 3.00 bits per heavy atom. The van der Waals surface area contributed by atoms with Crippen molar-refractivity contribution in [3.63, 3.8) is 0 Å². The minimum absolute atomic E-state index is 0.190. The van der Waals surface area contributed by atoms with Crippen molar-refractivity contribution in [2.75, 3.05) is 5.32 Å². The van der Waals surface area contributed by atoms with Gasteiger partial charge in [-0.1, -0.05) is 17.4 Å². The van der Waals surface area contributed by atoms with Crippen molar-refractivity contribution in [1.29, 1.82) is 0 Å². The number of aryl methyl sites for hydroxylation is 1. The molecule has 2 aromatic heterocycles. The van der Waals surface area contributed by atoms with Gasteiger partial charge in [0, 0.05) is 11.0 Å². The smallest absolute Gasteiger partial charge is 0.250 e. The molecule has 0 spiro atoms. The summed E-state index contributed by atoms with van der Waals surface area (Å²) in [7, 11) is 0. The number of amides is 1. The molecule has 4 nitrogen and oxygen atoms in total. The Bertz CT molecular complexity index is 502. The Morgan fingerprint density at radius 2 is 2.38 bits per heavy atom. The number of hydrogen-bond acceptors (Lipinski definition) is 5. The van der Waals surface area contributed by atoms with E-state index >= 15 is 0 Å². The molecule has 82 valence electrons. The van der Waals surface area contributed by atoms with Gasteiger partial charge in [-0.3, -0.25) is 10.1 Å². The van der Waals surface area contributed by atoms with Crippen molar-refractivity contribution >= 4 is 39.8 Å². The van der Waals surface area contributed by atoms with Crippen LogP contribution in [0.4, 0.5) is 5.13 Å². The molecule has 2 aromatic rings. The molecule has 0 aliphatic heterocycles. The van der Waals surface area contributed by atoms with E-state index in [0.29, 0.717) is 5.13 Å². The number of nitrogens with one attached hydrogen (secondary N) is 1. The molecule has 0 aromatic carbocycles. The van der Waals surface area contributed by atoms with E-state index in [9.17, 15) is 4.79 Å². The molecule has 0 fully saturated rings. The third-order valence-electron chi connectivity index (χ3n) is 1.70. The fourth-order valence-corrected chi connectivity index (χ4v) is 2.25. The number of carbonyl (C=O) groups is 1. The first-order chi connectivity index (χ1) is 7.74. The number of aromatic nitrogens is 2. The van der Waals surface area contributed by atoms with Crippen LogP contribution in [0.3, 0.4) is 0 Å². The number of hydrogen-bond donors (Lipinski definition) is 1. The van der Waals surface area contributed by atoms with Gasteiger partial charge in [0.25, 0.3) is 0 Å². The number of thiophene rings is 1. The highest BCUT2D eigenvalue weighted by Crippen LogP contribution is 2.14. The van der Waals surface area contributed by atoms with Crippen molar-refractivity contribution in [3.05, 3.63) is 33.5 Å². The van der Waals surface area contributed by atoms with Crippen LogP contribution in [-0.4, -0.2) is 16.1 Å². The van der Waals surface area contributed by atoms with Crippen molar-refractivity contribution in [3.8, 4) is 0 Å². The van der Waals surface area contributed by atoms with Crippen LogP contribution < -0.4 is 5.32 Å². The SMILES string of the molecule is Cc1nnc(NC(=O)/C=C\c2cccs2)s1. The highest BCUT2D eigenvalue weighted by molar-refractivity contribution is 7.15. The molecule has 0 atom stereocenters. The largest absolute Gasteiger partial charge is 0.297 e. The van der Waals surface area contributed by atoms with E-state index in [2.05, 4.69) is 15.5 Å². The average molecular weight is 251 g/mol. The lowest BCUT2D eigenvalue weighted by Gasteiger charge is -1.93. The van der Waals surface area contributed by atoms with Gasteiger partial charge in [0.1, 0.15) is 5.01 Å². The molecule has 0 unspecified atom stereocenters. The number of carbonyl (C=O) groups excluding carboxylic acids is 1. The van der Waals surface area contributed by atoms with E-state index in [1.807, 2.05) is 24.4 Å². The number of nitrogens with zero attached hydrogens (tertiary/aromatic N) is 2. The van der Waals surface area contributed by atoms with E-state index < -0.39 is 0 Å². The summed E-state index contributed by atoms with van der Waals surface area (Å²) in [5, 5.41) is 13.6. The van der Waals surface area contributed by atoms with Gasteiger partial charge >= 0.3 is 0 Å². The summed E-state index contributed by atoms with van der Waals surface area (Å²) in [6.45, 7) is 1.84. The van der Waals surface area contributed by atoms with Gasteiger partial charge < -0.3 is 0 Å². The molecule has 0 saturated heterocycles. The summed E-state index contributed by atoms with van der Waals surface area (Å²) < 4.78 is 0. The van der Waals surface area contributed by atoms with Crippen LogP contribution in [0.5, 0.6) is 0 Å². The quantitative estimate of drug-likeness (QED) is 0.853. The highest BCUT2D eigenvalue weighted by atomic mass is 32.1. The van der Waals surface area contributed by atoms with Gasteiger partial charge in [0.2, 0.25) is 11.0 Å². The van der Waals surface area contributed by atoms with Crippen LogP contribution in [0.25, 0.3) is 6.08 Å². The maximum absolute atomic E-state index is 11.5. The lowest BCUT2D eigenvalue weighted by atomic mass is 10.4. The van der Waals surface area contributed by atoms with E-state index in [1.54, 1.807) is 17.4 Å². The van der Waals surface area contributed by atoms with Crippen molar-refractivity contribution < 1.29 is 4.79 Å². The standard InChI is InChI=1S/C10H9N3OS2/c1-7-12-13-10(16-7)11-9(14)5-4-8-3-2-6-15-8/h2-6H,1H3,(H,11,13,14)/b5-4-. The van der Waals surface area contributed by atoms with E-state index in [4.69, 9.17) is 0 Å². The minimum Gasteiger partial charge on any atom is -0.297 e. The zero-order valence-corrected chi connectivity index (χ0v) is 10.1. The molecule has 0 radical (unpaired) electrons. The fraction of sp³-hybridized carbons (Fsp3) is 0.100. The molecule has 0 aliphatic rings. The third kappa shape index (κ3) is 2.98. The molecule has 1 amide bonds. The lowest BCUT2D eigenvalue weighted by Crippen LogP contribution is -2.07. The van der Waals surface area contributed by atoms with Crippen LogP contribution in [0.1, 0.15) is 9.88 Å². The van der Waals surface area contributed by atoms with Gasteiger partial charge in [-0.15, -0.1) is 21.5 Å². The summed E-state index contributed by atoms with van der Waals surface area (Å²) in [6, 6.07) is 3.89. The summed E-state index contributed by atoms with van der Waals surface area (Å²) in [6.07, 6.45) is 3.26. The highest BCUT2D eigenvalue weighted by Gasteiger charge is 2.02. The molecule has 0 bridgehead atoms. The van der Waals surface area contributed by atoms with E-state index in [1.165, 1.54) is 17.4 Å². The maximum Gasteiger partial charge on any atom is 0.250 e. The monoisotopic (exact) mass is 251 g/mol. The Kier molecular flexibility index (Phi) is 3.43. The first-order valence-corrected chi connectivity index (χ1v) is 6.26. The molecule has 1 N–H and O–H groups in total. The molecule has 16 heavy (non-hydrogen) atoms. The van der Waals surface area contributed by atoms with Crippen molar-refractivity contribution in [1.82, 2.24) is 10.2 Å². The molecular formula is C10H9N3OS2. The second-order valence-corrected chi connectivity index (χ2v) is 5.13. The Morgan fingerprint density at radius 1 is 1.50 bits per heavy atom. The van der Waals surface area contributed by atoms with Gasteiger partial charge in [-0.25, -0.2) is 0 Å². The Balaban J connectivity index is 1.94. The molecule has 2 heterocycles. The number of rotatable bonds is 3. The predicted octanol–water partition coefficient (Wildman–Crippen LogP) is 2.56.